The van der Waals surface area contributed by atoms with E-state index in [1.165, 1.54) is 15.5 Å². The van der Waals surface area contributed by atoms with Gasteiger partial charge in [-0.25, -0.2) is 4.79 Å². The zero-order valence-electron chi connectivity index (χ0n) is 17.1. The van der Waals surface area contributed by atoms with E-state index in [0.717, 1.165) is 17.5 Å². The van der Waals surface area contributed by atoms with Gasteiger partial charge in [0.1, 0.15) is 6.54 Å². The van der Waals surface area contributed by atoms with Crippen LogP contribution in [0.15, 0.2) is 29.1 Å². The summed E-state index contributed by atoms with van der Waals surface area (Å²) in [4.78, 5) is 52.3. The number of benzene rings is 1. The number of nitrogens with zero attached hydrogens (tertiary/aromatic N) is 3. The van der Waals surface area contributed by atoms with Gasteiger partial charge in [-0.2, -0.15) is 0 Å². The van der Waals surface area contributed by atoms with Crippen LogP contribution in [0.2, 0.25) is 0 Å². The SMILES string of the molecule is CCCCNC(=O)NCC(=O)N1CCN(C(=O)Cn2sc3ccccc3c2=O)CC1. The fraction of sp³-hybridized carbons (Fsp3) is 0.500. The van der Waals surface area contributed by atoms with E-state index in [2.05, 4.69) is 10.6 Å². The summed E-state index contributed by atoms with van der Waals surface area (Å²) in [6, 6.07) is 6.95. The summed E-state index contributed by atoms with van der Waals surface area (Å²) in [5.74, 6) is -0.308. The van der Waals surface area contributed by atoms with Crippen LogP contribution in [0.3, 0.4) is 0 Å². The molecular weight excluding hydrogens is 406 g/mol. The number of unbranched alkanes of at least 4 members (excludes halogenated alkanes) is 1. The molecule has 2 N–H and O–H groups in total. The number of hydrogen-bond acceptors (Lipinski definition) is 5. The Morgan fingerprint density at radius 3 is 2.33 bits per heavy atom. The third-order valence-electron chi connectivity index (χ3n) is 5.03. The van der Waals surface area contributed by atoms with Crippen LogP contribution in [0.5, 0.6) is 0 Å². The summed E-state index contributed by atoms with van der Waals surface area (Å²) in [6.45, 7) is 4.19. The van der Waals surface area contributed by atoms with Crippen LogP contribution in [0.1, 0.15) is 19.8 Å². The Hall–Kier alpha value is -2.88. The Morgan fingerprint density at radius 1 is 1.00 bits per heavy atom. The number of nitrogens with one attached hydrogen (secondary N) is 2. The van der Waals surface area contributed by atoms with Crippen LogP contribution < -0.4 is 16.2 Å². The molecule has 2 aromatic rings. The van der Waals surface area contributed by atoms with Crippen LogP contribution in [0.25, 0.3) is 10.1 Å². The summed E-state index contributed by atoms with van der Waals surface area (Å²) < 4.78 is 2.34. The number of carbonyl (C=O) groups is 3. The minimum Gasteiger partial charge on any atom is -0.338 e. The molecule has 4 amide bonds. The normalized spacial score (nSPS) is 14.0. The Morgan fingerprint density at radius 2 is 1.67 bits per heavy atom. The van der Waals surface area contributed by atoms with Crippen molar-refractivity contribution in [3.63, 3.8) is 0 Å². The monoisotopic (exact) mass is 433 g/mol. The Balaban J connectivity index is 1.44. The van der Waals surface area contributed by atoms with Crippen LogP contribution in [0, 0.1) is 0 Å². The zero-order valence-corrected chi connectivity index (χ0v) is 17.9. The van der Waals surface area contributed by atoms with E-state index in [0.29, 0.717) is 38.1 Å². The molecule has 9 nitrogen and oxygen atoms in total. The molecule has 0 saturated carbocycles. The molecule has 0 spiro atoms. The molecule has 1 aliphatic rings. The van der Waals surface area contributed by atoms with Gasteiger partial charge >= 0.3 is 6.03 Å². The first-order valence-electron chi connectivity index (χ1n) is 10.2. The van der Waals surface area contributed by atoms with Crippen LogP contribution in [0.4, 0.5) is 4.79 Å². The van der Waals surface area contributed by atoms with E-state index in [4.69, 9.17) is 0 Å². The number of carbonyl (C=O) groups excluding carboxylic acids is 3. The molecule has 1 aromatic heterocycles. The molecule has 0 bridgehead atoms. The summed E-state index contributed by atoms with van der Waals surface area (Å²) in [5.41, 5.74) is -0.152. The van der Waals surface area contributed by atoms with Crippen molar-refractivity contribution in [2.24, 2.45) is 0 Å². The average Bonchev–Trinajstić information content (AvgIpc) is 3.07. The highest BCUT2D eigenvalue weighted by Gasteiger charge is 2.25. The number of hydrogen-bond donors (Lipinski definition) is 2. The lowest BCUT2D eigenvalue weighted by atomic mass is 10.3. The molecule has 1 aliphatic heterocycles. The average molecular weight is 434 g/mol. The predicted octanol–water partition coefficient (Wildman–Crippen LogP) is 0.833. The lowest BCUT2D eigenvalue weighted by Gasteiger charge is -2.34. The smallest absolute Gasteiger partial charge is 0.315 e. The lowest BCUT2D eigenvalue weighted by Crippen LogP contribution is -2.53. The first kappa shape index (κ1) is 21.8. The second-order valence-electron chi connectivity index (χ2n) is 7.15. The van der Waals surface area contributed by atoms with E-state index in [-0.39, 0.29) is 36.5 Å². The summed E-state index contributed by atoms with van der Waals surface area (Å²) >= 11 is 1.28. The topological polar surface area (TPSA) is 104 Å². The highest BCUT2D eigenvalue weighted by molar-refractivity contribution is 7.13. The summed E-state index contributed by atoms with van der Waals surface area (Å²) in [5, 5.41) is 5.89. The van der Waals surface area contributed by atoms with Gasteiger partial charge in [-0.1, -0.05) is 37.0 Å². The summed E-state index contributed by atoms with van der Waals surface area (Å²) in [6.07, 6.45) is 1.88. The molecule has 1 aromatic carbocycles. The van der Waals surface area contributed by atoms with Gasteiger partial charge in [-0.3, -0.25) is 18.3 Å². The van der Waals surface area contributed by atoms with E-state index < -0.39 is 0 Å². The molecule has 10 heteroatoms. The Bertz CT molecular complexity index is 962. The number of fused-ring (bicyclic) bond motifs is 1. The minimum atomic E-state index is -0.348. The van der Waals surface area contributed by atoms with Crippen molar-refractivity contribution >= 4 is 39.5 Å². The molecule has 0 atom stereocenters. The third-order valence-corrected chi connectivity index (χ3v) is 6.10. The molecule has 1 saturated heterocycles. The molecule has 3 rings (SSSR count). The molecule has 0 aliphatic carbocycles. The highest BCUT2D eigenvalue weighted by Crippen LogP contribution is 2.16. The number of aromatic nitrogens is 1. The maximum atomic E-state index is 12.6. The van der Waals surface area contributed by atoms with Crippen LogP contribution in [-0.2, 0) is 16.1 Å². The standard InChI is InChI=1S/C20H27N5O4S/c1-2-3-8-21-20(29)22-13-17(26)23-9-11-24(12-10-23)18(27)14-25-19(28)15-6-4-5-7-16(15)30-25/h4-7H,2-3,8-14H2,1H3,(H2,21,22,29). The van der Waals surface area contributed by atoms with Gasteiger partial charge in [0, 0.05) is 32.7 Å². The van der Waals surface area contributed by atoms with Crippen molar-refractivity contribution in [2.45, 2.75) is 26.3 Å². The number of rotatable bonds is 7. The van der Waals surface area contributed by atoms with E-state index >= 15 is 0 Å². The van der Waals surface area contributed by atoms with Crippen molar-refractivity contribution < 1.29 is 14.4 Å². The van der Waals surface area contributed by atoms with Crippen molar-refractivity contribution in [3.05, 3.63) is 34.6 Å². The lowest BCUT2D eigenvalue weighted by molar-refractivity contribution is -0.139. The second-order valence-corrected chi connectivity index (χ2v) is 8.22. The number of urea groups is 1. The highest BCUT2D eigenvalue weighted by atomic mass is 32.1. The van der Waals surface area contributed by atoms with Gasteiger partial charge in [0.05, 0.1) is 16.6 Å². The quantitative estimate of drug-likeness (QED) is 0.631. The molecule has 30 heavy (non-hydrogen) atoms. The maximum absolute atomic E-state index is 12.6. The van der Waals surface area contributed by atoms with Crippen molar-refractivity contribution in [3.8, 4) is 0 Å². The van der Waals surface area contributed by atoms with Gasteiger partial charge < -0.3 is 20.4 Å². The predicted molar refractivity (Wildman–Crippen MR) is 116 cm³/mol. The largest absolute Gasteiger partial charge is 0.338 e. The van der Waals surface area contributed by atoms with Gasteiger partial charge in [-0.15, -0.1) is 0 Å². The van der Waals surface area contributed by atoms with Crippen LogP contribution in [-0.4, -0.2) is 70.9 Å². The Labute approximate surface area is 178 Å². The molecule has 162 valence electrons. The first-order chi connectivity index (χ1) is 14.5. The molecule has 1 fully saturated rings. The second kappa shape index (κ2) is 10.2. The van der Waals surface area contributed by atoms with Crippen molar-refractivity contribution in [1.29, 1.82) is 0 Å². The van der Waals surface area contributed by atoms with Gasteiger partial charge in [0.15, 0.2) is 0 Å². The summed E-state index contributed by atoms with van der Waals surface area (Å²) in [7, 11) is 0. The molecule has 0 radical (unpaired) electrons. The number of amides is 4. The fourth-order valence-electron chi connectivity index (χ4n) is 3.26. The minimum absolute atomic E-state index is 0.00557. The van der Waals surface area contributed by atoms with Gasteiger partial charge in [-0.05, 0) is 18.6 Å². The zero-order chi connectivity index (χ0) is 21.5. The number of piperazine rings is 1. The first-order valence-corrected chi connectivity index (χ1v) is 10.9. The van der Waals surface area contributed by atoms with E-state index in [1.54, 1.807) is 15.9 Å². The van der Waals surface area contributed by atoms with Gasteiger partial charge in [0.25, 0.3) is 5.56 Å². The molecule has 0 unspecified atom stereocenters. The van der Waals surface area contributed by atoms with E-state index in [9.17, 15) is 19.2 Å². The van der Waals surface area contributed by atoms with Crippen LogP contribution >= 0.6 is 11.5 Å². The van der Waals surface area contributed by atoms with Crippen molar-refractivity contribution in [1.82, 2.24) is 24.4 Å². The fourth-order valence-corrected chi connectivity index (χ4v) is 4.25. The Kier molecular flexibility index (Phi) is 7.45. The molecule has 2 heterocycles. The third kappa shape index (κ3) is 5.38. The van der Waals surface area contributed by atoms with Crippen molar-refractivity contribution in [2.75, 3.05) is 39.3 Å². The molecular formula is C20H27N5O4S. The van der Waals surface area contributed by atoms with Gasteiger partial charge in [0.2, 0.25) is 11.8 Å². The maximum Gasteiger partial charge on any atom is 0.315 e. The van der Waals surface area contributed by atoms with E-state index in [1.807, 2.05) is 25.1 Å².